The van der Waals surface area contributed by atoms with Crippen molar-refractivity contribution in [2.24, 2.45) is 0 Å². The molecule has 0 saturated heterocycles. The normalized spacial score (nSPS) is 11.4. The second-order valence-electron chi connectivity index (χ2n) is 6.74. The van der Waals surface area contributed by atoms with Gasteiger partial charge < -0.3 is 23.5 Å². The van der Waals surface area contributed by atoms with E-state index in [0.29, 0.717) is 5.56 Å². The van der Waals surface area contributed by atoms with Gasteiger partial charge in [0.2, 0.25) is 5.52 Å². The first kappa shape index (κ1) is 24.4. The van der Waals surface area contributed by atoms with Gasteiger partial charge in [-0.05, 0) is 18.2 Å². The summed E-state index contributed by atoms with van der Waals surface area (Å²) in [5, 5.41) is 0.0805. The maximum Gasteiger partial charge on any atom is 0.228 e. The fraction of sp³-hybridized carbons (Fsp3) is 0.167. The second-order valence-corrected chi connectivity index (χ2v) is 8.76. The number of benzene rings is 3. The number of ether oxygens (including phenoxy) is 4. The van der Waals surface area contributed by atoms with Crippen LogP contribution in [-0.2, 0) is 4.57 Å². The number of hydrogen-bond donors (Lipinski definition) is 0. The molecular weight excluding hydrogens is 467 g/mol. The van der Waals surface area contributed by atoms with E-state index >= 15 is 0 Å². The number of carbonyl (C=O) groups is 2. The molecule has 3 aromatic carbocycles. The van der Waals surface area contributed by atoms with E-state index in [1.54, 1.807) is 42.5 Å². The van der Waals surface area contributed by atoms with E-state index in [2.05, 4.69) is 0 Å². The Morgan fingerprint density at radius 3 is 2.00 bits per heavy atom. The van der Waals surface area contributed by atoms with Crippen LogP contribution in [0.1, 0.15) is 26.3 Å². The van der Waals surface area contributed by atoms with Crippen LogP contribution >= 0.6 is 19.4 Å². The number of hydrogen-bond acceptors (Lipinski definition) is 7. The first-order valence-electron chi connectivity index (χ1n) is 9.73. The molecule has 7 nitrogen and oxygen atoms in total. The molecule has 172 valence electrons. The van der Waals surface area contributed by atoms with E-state index in [1.807, 2.05) is 0 Å². The molecule has 0 N–H and O–H groups in total. The van der Waals surface area contributed by atoms with Crippen LogP contribution in [0.25, 0.3) is 0 Å². The lowest BCUT2D eigenvalue weighted by Gasteiger charge is -2.19. The minimum atomic E-state index is -3.27. The Bertz CT molecular complexity index is 1230. The summed E-state index contributed by atoms with van der Waals surface area (Å²) >= 11 is 6.22. The SMILES string of the molecule is COc1cccc(Cl)c1C(=O)[PH](=O)c1c(OC)cc(C(=O)c2ccccc2)c(OC)c1OC. The van der Waals surface area contributed by atoms with E-state index in [9.17, 15) is 14.2 Å². The van der Waals surface area contributed by atoms with Crippen LogP contribution in [0.4, 0.5) is 0 Å². The van der Waals surface area contributed by atoms with Gasteiger partial charge in [-0.25, -0.2) is 0 Å². The van der Waals surface area contributed by atoms with E-state index in [-0.39, 0.29) is 50.2 Å². The number of methoxy groups -OCH3 is 4. The molecule has 0 aromatic heterocycles. The van der Waals surface area contributed by atoms with E-state index in [1.165, 1.54) is 40.6 Å². The van der Waals surface area contributed by atoms with Crippen LogP contribution in [0.5, 0.6) is 23.0 Å². The third-order valence-corrected chi connectivity index (χ3v) is 6.87. The Labute approximate surface area is 197 Å². The van der Waals surface area contributed by atoms with Gasteiger partial charge in [0.25, 0.3) is 0 Å². The Morgan fingerprint density at radius 1 is 0.788 bits per heavy atom. The molecule has 1 atom stereocenters. The minimum absolute atomic E-state index is 0.0153. The first-order chi connectivity index (χ1) is 15.9. The van der Waals surface area contributed by atoms with Crippen LogP contribution in [0.15, 0.2) is 54.6 Å². The molecule has 0 saturated carbocycles. The molecular formula is C24H22ClO7P. The summed E-state index contributed by atoms with van der Waals surface area (Å²) in [4.78, 5) is 26.4. The van der Waals surface area contributed by atoms with Crippen molar-refractivity contribution >= 4 is 36.0 Å². The van der Waals surface area contributed by atoms with Crippen LogP contribution in [0, 0.1) is 0 Å². The van der Waals surface area contributed by atoms with Gasteiger partial charge in [0.15, 0.2) is 25.1 Å². The monoisotopic (exact) mass is 488 g/mol. The zero-order valence-corrected chi connectivity index (χ0v) is 20.2. The number of halogens is 1. The molecule has 3 aromatic rings. The summed E-state index contributed by atoms with van der Waals surface area (Å²) in [6, 6.07) is 14.6. The van der Waals surface area contributed by atoms with Gasteiger partial charge in [0.05, 0.1) is 44.6 Å². The van der Waals surface area contributed by atoms with Gasteiger partial charge in [-0.1, -0.05) is 48.0 Å². The Hall–Kier alpha value is -3.28. The molecule has 0 bridgehead atoms. The molecule has 33 heavy (non-hydrogen) atoms. The summed E-state index contributed by atoms with van der Waals surface area (Å²) in [5.41, 5.74) is -0.211. The van der Waals surface area contributed by atoms with Crippen molar-refractivity contribution in [3.63, 3.8) is 0 Å². The summed E-state index contributed by atoms with van der Waals surface area (Å²) in [7, 11) is 2.14. The van der Waals surface area contributed by atoms with Gasteiger partial charge in [0.1, 0.15) is 16.8 Å². The first-order valence-corrected chi connectivity index (χ1v) is 11.5. The highest BCUT2D eigenvalue weighted by Gasteiger charge is 2.32. The Kier molecular flexibility index (Phi) is 7.79. The average molecular weight is 489 g/mol. The van der Waals surface area contributed by atoms with Crippen molar-refractivity contribution in [2.45, 2.75) is 0 Å². The molecule has 9 heteroatoms. The van der Waals surface area contributed by atoms with Crippen LogP contribution in [0.2, 0.25) is 5.02 Å². The lowest BCUT2D eigenvalue weighted by molar-refractivity contribution is 0.103. The standard InChI is InChI=1S/C24H22ClO7P/c1-29-17-12-8-11-16(25)19(17)24(27)33(28)23-18(30-2)13-15(21(31-3)22(23)32-4)20(26)14-9-6-5-7-10-14/h5-13,33H,1-4H3. The maximum atomic E-state index is 13.6. The zero-order valence-electron chi connectivity index (χ0n) is 18.4. The van der Waals surface area contributed by atoms with Gasteiger partial charge in [-0.2, -0.15) is 0 Å². The third-order valence-electron chi connectivity index (χ3n) is 4.96. The van der Waals surface area contributed by atoms with E-state index in [4.69, 9.17) is 30.5 Å². The summed E-state index contributed by atoms with van der Waals surface area (Å²) in [5.74, 6) is -0.102. The lowest BCUT2D eigenvalue weighted by atomic mass is 10.0. The fourth-order valence-corrected chi connectivity index (χ4v) is 5.29. The molecule has 0 aliphatic carbocycles. The maximum absolute atomic E-state index is 13.6. The van der Waals surface area contributed by atoms with Gasteiger partial charge in [0, 0.05) is 5.56 Å². The summed E-state index contributed by atoms with van der Waals surface area (Å²) < 4.78 is 35.2. The highest BCUT2D eigenvalue weighted by atomic mass is 35.5. The zero-order chi connectivity index (χ0) is 24.1. The highest BCUT2D eigenvalue weighted by molar-refractivity contribution is 7.72. The molecule has 0 fully saturated rings. The van der Waals surface area contributed by atoms with Gasteiger partial charge >= 0.3 is 0 Å². The number of rotatable bonds is 9. The number of carbonyl (C=O) groups excluding carboxylic acids is 2. The van der Waals surface area contributed by atoms with Crippen LogP contribution < -0.4 is 24.3 Å². The smallest absolute Gasteiger partial charge is 0.228 e. The molecule has 1 unspecified atom stereocenters. The van der Waals surface area contributed by atoms with E-state index < -0.39 is 13.3 Å². The van der Waals surface area contributed by atoms with Crippen molar-refractivity contribution < 1.29 is 33.1 Å². The highest BCUT2D eigenvalue weighted by Crippen LogP contribution is 2.45. The van der Waals surface area contributed by atoms with Gasteiger partial charge in [-0.15, -0.1) is 0 Å². The topological polar surface area (TPSA) is 88.1 Å². The van der Waals surface area contributed by atoms with Gasteiger partial charge in [-0.3, -0.25) is 9.59 Å². The second kappa shape index (κ2) is 10.6. The Balaban J connectivity index is 2.22. The molecule has 0 radical (unpaired) electrons. The predicted octanol–water partition coefficient (Wildman–Crippen LogP) is 4.63. The quantitative estimate of drug-likeness (QED) is 0.320. The molecule has 0 aliphatic rings. The van der Waals surface area contributed by atoms with Crippen molar-refractivity contribution in [2.75, 3.05) is 28.4 Å². The lowest BCUT2D eigenvalue weighted by Crippen LogP contribution is -2.16. The average Bonchev–Trinajstić information content (AvgIpc) is 2.86. The Morgan fingerprint density at radius 2 is 1.42 bits per heavy atom. The van der Waals surface area contributed by atoms with Crippen LogP contribution in [0.3, 0.4) is 0 Å². The molecule has 0 amide bonds. The largest absolute Gasteiger partial charge is 0.496 e. The minimum Gasteiger partial charge on any atom is -0.496 e. The molecule has 0 heterocycles. The molecule has 0 spiro atoms. The number of ketones is 1. The van der Waals surface area contributed by atoms with Crippen molar-refractivity contribution in [1.29, 1.82) is 0 Å². The summed E-state index contributed by atoms with van der Waals surface area (Å²) in [6.07, 6.45) is 0. The third kappa shape index (κ3) is 4.61. The van der Waals surface area contributed by atoms with Crippen molar-refractivity contribution in [3.8, 4) is 23.0 Å². The fourth-order valence-electron chi connectivity index (χ4n) is 3.43. The van der Waals surface area contributed by atoms with Crippen molar-refractivity contribution in [3.05, 3.63) is 76.3 Å². The van der Waals surface area contributed by atoms with Crippen LogP contribution in [-0.4, -0.2) is 39.7 Å². The molecule has 3 rings (SSSR count). The van der Waals surface area contributed by atoms with E-state index in [0.717, 1.165) is 0 Å². The predicted molar refractivity (Wildman–Crippen MR) is 127 cm³/mol. The molecule has 0 aliphatic heterocycles. The van der Waals surface area contributed by atoms with Crippen molar-refractivity contribution in [1.82, 2.24) is 0 Å². The summed E-state index contributed by atoms with van der Waals surface area (Å²) in [6.45, 7) is 0.